The fourth-order valence-corrected chi connectivity index (χ4v) is 5.64. The highest BCUT2D eigenvalue weighted by atomic mass is 35.5. The molecule has 3 aromatic heterocycles. The van der Waals surface area contributed by atoms with Crippen molar-refractivity contribution in [2.75, 3.05) is 58.3 Å². The standard InChI is InChI=1S/C27H27ClF2N8O3/c1-14(29)26(39)38-8-6-37(7-9-38)25-15-4-5-18(22-16-11-31-35-19(16)10-17(30)23(22)28)32-24(15)33-27(34-25)41-21-13-36(2)12-20(21)40-3/h4-5,10-11,20-21H,1,6-9,12-13H2,2-3H3,(H,31,35)/t20-,21-/m1/s1. The molecule has 0 aliphatic carbocycles. The van der Waals surface area contributed by atoms with Crippen LogP contribution in [0.25, 0.3) is 33.2 Å². The van der Waals surface area contributed by atoms with Crippen molar-refractivity contribution in [3.8, 4) is 17.3 Å². The first kappa shape index (κ1) is 27.2. The first-order chi connectivity index (χ1) is 19.7. The number of methoxy groups -OCH3 is 1. The van der Waals surface area contributed by atoms with Gasteiger partial charge < -0.3 is 19.3 Å². The number of H-pyrrole nitrogens is 1. The SMILES string of the molecule is C=C(F)C(=O)N1CCN(c2nc(O[C@@H]3CN(C)C[C@H]3OC)nc3nc(-c4c(Cl)c(F)cc5[nH]ncc45)ccc23)CC1. The predicted octanol–water partition coefficient (Wildman–Crippen LogP) is 3.20. The maximum atomic E-state index is 14.7. The van der Waals surface area contributed by atoms with Gasteiger partial charge in [0.15, 0.2) is 11.5 Å². The van der Waals surface area contributed by atoms with E-state index >= 15 is 0 Å². The summed E-state index contributed by atoms with van der Waals surface area (Å²) < 4.78 is 40.0. The number of hydrogen-bond acceptors (Lipinski definition) is 9. The lowest BCUT2D eigenvalue weighted by Crippen LogP contribution is -2.49. The molecule has 0 bridgehead atoms. The Hall–Kier alpha value is -3.94. The number of anilines is 1. The number of aromatic nitrogens is 5. The molecule has 5 heterocycles. The average molecular weight is 585 g/mol. The largest absolute Gasteiger partial charge is 0.456 e. The number of carbonyl (C=O) groups is 1. The second kappa shape index (κ2) is 10.8. The Bertz CT molecular complexity index is 1660. The van der Waals surface area contributed by atoms with Crippen LogP contribution in [-0.2, 0) is 9.53 Å². The van der Waals surface area contributed by atoms with Gasteiger partial charge in [-0.3, -0.25) is 14.8 Å². The molecule has 0 saturated carbocycles. The Morgan fingerprint density at radius 2 is 1.88 bits per heavy atom. The zero-order valence-corrected chi connectivity index (χ0v) is 23.2. The number of pyridine rings is 1. The lowest BCUT2D eigenvalue weighted by atomic mass is 10.1. The third-order valence-corrected chi connectivity index (χ3v) is 7.84. The molecule has 2 aliphatic rings. The molecule has 4 aromatic rings. The van der Waals surface area contributed by atoms with E-state index in [1.807, 2.05) is 11.9 Å². The molecule has 41 heavy (non-hydrogen) atoms. The number of ether oxygens (including phenoxy) is 2. The van der Waals surface area contributed by atoms with Crippen LogP contribution in [0.3, 0.4) is 0 Å². The van der Waals surface area contributed by atoms with Crippen LogP contribution in [-0.4, -0.2) is 106 Å². The quantitative estimate of drug-likeness (QED) is 0.341. The highest BCUT2D eigenvalue weighted by Crippen LogP contribution is 2.37. The number of carbonyl (C=O) groups excluding carboxylic acids is 1. The predicted molar refractivity (Wildman–Crippen MR) is 149 cm³/mol. The lowest BCUT2D eigenvalue weighted by Gasteiger charge is -2.35. The highest BCUT2D eigenvalue weighted by molar-refractivity contribution is 6.35. The normalized spacial score (nSPS) is 19.8. The van der Waals surface area contributed by atoms with Gasteiger partial charge in [-0.1, -0.05) is 18.2 Å². The monoisotopic (exact) mass is 584 g/mol. The van der Waals surface area contributed by atoms with Crippen molar-refractivity contribution < 1.29 is 23.0 Å². The summed E-state index contributed by atoms with van der Waals surface area (Å²) in [6, 6.07) is 4.91. The molecule has 0 spiro atoms. The summed E-state index contributed by atoms with van der Waals surface area (Å²) in [5, 5.41) is 7.95. The van der Waals surface area contributed by atoms with Crippen LogP contribution in [0.2, 0.25) is 5.02 Å². The number of halogens is 3. The second-order valence-corrected chi connectivity index (χ2v) is 10.5. The topological polar surface area (TPSA) is 113 Å². The van der Waals surface area contributed by atoms with E-state index in [1.165, 1.54) is 11.0 Å². The smallest absolute Gasteiger partial charge is 0.320 e. The summed E-state index contributed by atoms with van der Waals surface area (Å²) in [6.45, 7) is 5.78. The third kappa shape index (κ3) is 5.04. The molecular formula is C27H27ClF2N8O3. The summed E-state index contributed by atoms with van der Waals surface area (Å²) in [4.78, 5) is 31.7. The number of fused-ring (bicyclic) bond motifs is 2. The van der Waals surface area contributed by atoms with Gasteiger partial charge in [0.2, 0.25) is 0 Å². The van der Waals surface area contributed by atoms with Gasteiger partial charge in [-0.25, -0.2) is 13.8 Å². The fourth-order valence-electron chi connectivity index (χ4n) is 5.38. The van der Waals surface area contributed by atoms with Crippen LogP contribution in [0.4, 0.5) is 14.6 Å². The number of nitrogens with one attached hydrogen (secondary N) is 1. The van der Waals surface area contributed by atoms with Gasteiger partial charge in [0, 0.05) is 63.4 Å². The van der Waals surface area contributed by atoms with Crippen molar-refractivity contribution in [2.45, 2.75) is 12.2 Å². The Morgan fingerprint density at radius 3 is 2.61 bits per heavy atom. The number of hydrogen-bond donors (Lipinski definition) is 1. The zero-order valence-electron chi connectivity index (χ0n) is 22.4. The first-order valence-corrected chi connectivity index (χ1v) is 13.4. The van der Waals surface area contributed by atoms with Crippen LogP contribution < -0.4 is 9.64 Å². The van der Waals surface area contributed by atoms with E-state index in [0.29, 0.717) is 65.2 Å². The summed E-state index contributed by atoms with van der Waals surface area (Å²) in [5.41, 5.74) is 1.58. The first-order valence-electron chi connectivity index (χ1n) is 13.0. The molecule has 11 nitrogen and oxygen atoms in total. The van der Waals surface area contributed by atoms with Gasteiger partial charge in [-0.05, 0) is 19.2 Å². The number of aromatic amines is 1. The maximum Gasteiger partial charge on any atom is 0.320 e. The molecule has 2 aliphatic heterocycles. The lowest BCUT2D eigenvalue weighted by molar-refractivity contribution is -0.128. The van der Waals surface area contributed by atoms with Crippen LogP contribution in [0.1, 0.15) is 0 Å². The van der Waals surface area contributed by atoms with E-state index in [4.69, 9.17) is 31.0 Å². The average Bonchev–Trinajstić information content (AvgIpc) is 3.57. The molecular weight excluding hydrogens is 558 g/mol. The summed E-state index contributed by atoms with van der Waals surface area (Å²) >= 11 is 6.41. The van der Waals surface area contributed by atoms with Crippen molar-refractivity contribution in [3.63, 3.8) is 0 Å². The third-order valence-electron chi connectivity index (χ3n) is 7.47. The number of likely N-dealkylation sites (tertiary alicyclic amines) is 1. The van der Waals surface area contributed by atoms with Gasteiger partial charge in [-0.2, -0.15) is 15.1 Å². The molecule has 1 amide bonds. The van der Waals surface area contributed by atoms with Gasteiger partial charge >= 0.3 is 6.01 Å². The summed E-state index contributed by atoms with van der Waals surface area (Å²) in [7, 11) is 3.61. The van der Waals surface area contributed by atoms with E-state index in [2.05, 4.69) is 26.7 Å². The van der Waals surface area contributed by atoms with Crippen molar-refractivity contribution in [3.05, 3.63) is 47.6 Å². The Labute approximate surface area is 238 Å². The van der Waals surface area contributed by atoms with Gasteiger partial charge in [-0.15, -0.1) is 0 Å². The number of likely N-dealkylation sites (N-methyl/N-ethyl adjacent to an activating group) is 1. The Morgan fingerprint density at radius 1 is 1.12 bits per heavy atom. The summed E-state index contributed by atoms with van der Waals surface area (Å²) in [5.74, 6) is -1.77. The number of benzene rings is 1. The fraction of sp³-hybridized carbons (Fsp3) is 0.370. The number of amides is 1. The minimum atomic E-state index is -0.990. The minimum Gasteiger partial charge on any atom is -0.456 e. The number of piperazine rings is 1. The van der Waals surface area contributed by atoms with Crippen LogP contribution in [0, 0.1) is 5.82 Å². The van der Waals surface area contributed by atoms with Gasteiger partial charge in [0.25, 0.3) is 5.91 Å². The highest BCUT2D eigenvalue weighted by Gasteiger charge is 2.34. The van der Waals surface area contributed by atoms with Gasteiger partial charge in [0.05, 0.1) is 27.8 Å². The van der Waals surface area contributed by atoms with Crippen molar-refractivity contribution in [1.29, 1.82) is 0 Å². The number of rotatable bonds is 6. The molecule has 6 rings (SSSR count). The van der Waals surface area contributed by atoms with E-state index < -0.39 is 17.6 Å². The number of nitrogens with zero attached hydrogens (tertiary/aromatic N) is 7. The van der Waals surface area contributed by atoms with Crippen molar-refractivity contribution >= 4 is 45.3 Å². The second-order valence-electron chi connectivity index (χ2n) is 10.1. The minimum absolute atomic E-state index is 0.0799. The molecule has 214 valence electrons. The molecule has 1 N–H and O–H groups in total. The maximum absolute atomic E-state index is 14.7. The molecule has 0 radical (unpaired) electrons. The van der Waals surface area contributed by atoms with E-state index in [0.717, 1.165) is 0 Å². The van der Waals surface area contributed by atoms with E-state index in [1.54, 1.807) is 25.4 Å². The van der Waals surface area contributed by atoms with Crippen molar-refractivity contribution in [1.82, 2.24) is 34.9 Å². The zero-order chi connectivity index (χ0) is 28.8. The molecule has 2 fully saturated rings. The Balaban J connectivity index is 1.43. The van der Waals surface area contributed by atoms with Gasteiger partial charge in [0.1, 0.15) is 23.8 Å². The molecule has 2 atom stereocenters. The summed E-state index contributed by atoms with van der Waals surface area (Å²) in [6.07, 6.45) is 1.08. The van der Waals surface area contributed by atoms with Crippen LogP contribution in [0.15, 0.2) is 36.8 Å². The van der Waals surface area contributed by atoms with Crippen LogP contribution >= 0.6 is 11.6 Å². The van der Waals surface area contributed by atoms with E-state index in [-0.39, 0.29) is 36.3 Å². The molecule has 0 unspecified atom stereocenters. The van der Waals surface area contributed by atoms with Crippen LogP contribution in [0.5, 0.6) is 6.01 Å². The Kier molecular flexibility index (Phi) is 7.18. The molecule has 1 aromatic carbocycles. The van der Waals surface area contributed by atoms with Crippen molar-refractivity contribution in [2.24, 2.45) is 0 Å². The van der Waals surface area contributed by atoms with E-state index in [9.17, 15) is 13.6 Å². The molecule has 2 saturated heterocycles. The molecule has 14 heteroatoms.